The zero-order valence-corrected chi connectivity index (χ0v) is 19.9. The summed E-state index contributed by atoms with van der Waals surface area (Å²) in [6.07, 6.45) is 1.48. The van der Waals surface area contributed by atoms with E-state index in [1.54, 1.807) is 6.92 Å². The van der Waals surface area contributed by atoms with Crippen molar-refractivity contribution in [3.63, 3.8) is 0 Å². The highest BCUT2D eigenvalue weighted by Crippen LogP contribution is 2.54. The molecule has 3 rings (SSSR count). The number of halogens is 3. The van der Waals surface area contributed by atoms with Crippen LogP contribution in [0, 0.1) is 15.8 Å². The monoisotopic (exact) mass is 552 g/mol. The molecule has 2 atom stereocenters. The number of rotatable bonds is 3. The van der Waals surface area contributed by atoms with E-state index < -0.39 is 11.5 Å². The molecule has 0 unspecified atom stereocenters. The number of hydrogen-bond acceptors (Lipinski definition) is 6. The quantitative estimate of drug-likeness (QED) is 0.314. The molecule has 1 heterocycles. The van der Waals surface area contributed by atoms with E-state index in [1.165, 1.54) is 33.5 Å². The maximum atomic E-state index is 13.3. The van der Waals surface area contributed by atoms with Gasteiger partial charge in [0.05, 0.1) is 27.2 Å². The van der Waals surface area contributed by atoms with Gasteiger partial charge >= 0.3 is 0 Å². The highest BCUT2D eigenvalue weighted by molar-refractivity contribution is 14.1. The van der Waals surface area contributed by atoms with Gasteiger partial charge in [0.1, 0.15) is 22.1 Å². The summed E-state index contributed by atoms with van der Waals surface area (Å²) in [6, 6.07) is 1.54. The fraction of sp³-hybridized carbons (Fsp3) is 0.400. The fourth-order valence-electron chi connectivity index (χ4n) is 3.32. The summed E-state index contributed by atoms with van der Waals surface area (Å²) in [5.41, 5.74) is -1.19. The van der Waals surface area contributed by atoms with Crippen molar-refractivity contribution in [1.29, 1.82) is 0 Å². The van der Waals surface area contributed by atoms with Crippen LogP contribution in [0.2, 0.25) is 5.02 Å². The number of fused-ring (bicyclic) bond motifs is 1. The molecule has 0 saturated heterocycles. The van der Waals surface area contributed by atoms with E-state index in [0.29, 0.717) is 17.4 Å². The average Bonchev–Trinajstić information content (AvgIpc) is 3.01. The van der Waals surface area contributed by atoms with Gasteiger partial charge in [0, 0.05) is 47.1 Å². The molecule has 0 amide bonds. The van der Waals surface area contributed by atoms with Gasteiger partial charge in [-0.25, -0.2) is 0 Å². The molecule has 0 aromatic heterocycles. The van der Waals surface area contributed by atoms with Crippen LogP contribution in [0.4, 0.5) is 0 Å². The van der Waals surface area contributed by atoms with E-state index in [0.717, 1.165) is 0 Å². The molecule has 0 N–H and O–H groups in total. The van der Waals surface area contributed by atoms with Crippen molar-refractivity contribution in [3.05, 3.63) is 28.5 Å². The summed E-state index contributed by atoms with van der Waals surface area (Å²) < 4.78 is 24.5. The van der Waals surface area contributed by atoms with Gasteiger partial charge in [0.2, 0.25) is 11.4 Å². The minimum atomic E-state index is -1.42. The van der Waals surface area contributed by atoms with Crippen LogP contribution in [0.3, 0.4) is 0 Å². The van der Waals surface area contributed by atoms with Crippen LogP contribution in [0.25, 0.3) is 0 Å². The van der Waals surface area contributed by atoms with Crippen LogP contribution in [-0.4, -0.2) is 44.4 Å². The summed E-state index contributed by atoms with van der Waals surface area (Å²) in [5, 5.41) is 0.179. The number of allylic oxidation sites excluding steroid dienone is 1. The highest BCUT2D eigenvalue weighted by atomic mass is 127. The molecule has 0 fully saturated rings. The number of Topliss-reactive ketones (excluding diaryl/α,β-unsaturated/α-hetero) is 1. The number of carbonyl (C=O) groups excluding carboxylic acids is 2. The van der Waals surface area contributed by atoms with Crippen LogP contribution >= 0.6 is 45.8 Å². The van der Waals surface area contributed by atoms with Crippen LogP contribution in [0.1, 0.15) is 23.7 Å². The normalized spacial score (nSPS) is 21.8. The summed E-state index contributed by atoms with van der Waals surface area (Å²) >= 11 is 13.4. The second kappa shape index (κ2) is 9.92. The molecule has 1 spiro atoms. The van der Waals surface area contributed by atoms with Crippen LogP contribution in [-0.2, 0) is 9.53 Å². The Hall–Kier alpha value is -1.63. The number of benzene rings is 1. The van der Waals surface area contributed by atoms with Crippen LogP contribution in [0.5, 0.6) is 17.2 Å². The van der Waals surface area contributed by atoms with Gasteiger partial charge in [-0.15, -0.1) is 11.6 Å². The van der Waals surface area contributed by atoms with Gasteiger partial charge in [0.25, 0.3) is 0 Å². The summed E-state index contributed by atoms with van der Waals surface area (Å²) in [6.45, 7) is 1.77. The minimum absolute atomic E-state index is 0.118. The zero-order chi connectivity index (χ0) is 21.8. The maximum Gasteiger partial charge on any atom is 0.231 e. The van der Waals surface area contributed by atoms with E-state index >= 15 is 0 Å². The largest absolute Gasteiger partial charge is 0.496 e. The zero-order valence-electron chi connectivity index (χ0n) is 16.2. The highest BCUT2D eigenvalue weighted by Gasteiger charge is 2.59. The summed E-state index contributed by atoms with van der Waals surface area (Å²) in [5.74, 6) is 3.17. The van der Waals surface area contributed by atoms with E-state index in [1.807, 2.05) is 22.6 Å². The molecule has 9 heteroatoms. The van der Waals surface area contributed by atoms with Crippen molar-refractivity contribution in [2.24, 2.45) is 5.92 Å². The average molecular weight is 553 g/mol. The molecule has 0 bridgehead atoms. The van der Waals surface area contributed by atoms with Crippen molar-refractivity contribution in [3.8, 4) is 27.1 Å². The number of methoxy groups -OCH3 is 3. The van der Waals surface area contributed by atoms with E-state index in [-0.39, 0.29) is 40.1 Å². The SMILES string of the molecule is COC1=CC(=O)C[C@@H](C)[C@]12Oc1c(Cl)c(OC)cc(OC)c1C2=O.ClCC#CI. The number of ketones is 2. The van der Waals surface area contributed by atoms with E-state index in [2.05, 4.69) is 9.85 Å². The first-order chi connectivity index (χ1) is 13.8. The lowest BCUT2D eigenvalue weighted by Gasteiger charge is -2.36. The molecular weight excluding hydrogens is 534 g/mol. The first-order valence-corrected chi connectivity index (χ1v) is 10.4. The molecule has 1 aromatic carbocycles. The summed E-state index contributed by atoms with van der Waals surface area (Å²) in [7, 11) is 4.31. The molecule has 0 radical (unpaired) electrons. The minimum Gasteiger partial charge on any atom is -0.496 e. The molecule has 6 nitrogen and oxygen atoms in total. The van der Waals surface area contributed by atoms with Crippen molar-refractivity contribution in [1.82, 2.24) is 0 Å². The van der Waals surface area contributed by atoms with Crippen molar-refractivity contribution in [2.75, 3.05) is 27.2 Å². The second-order valence-corrected chi connectivity index (χ2v) is 7.34. The fourth-order valence-corrected chi connectivity index (χ4v) is 4.07. The predicted molar refractivity (Wildman–Crippen MR) is 119 cm³/mol. The number of carbonyl (C=O) groups is 2. The number of hydrogen-bond donors (Lipinski definition) is 0. The third-order valence-corrected chi connectivity index (χ3v) is 5.50. The van der Waals surface area contributed by atoms with Gasteiger partial charge in [-0.2, -0.15) is 0 Å². The first kappa shape index (κ1) is 23.6. The van der Waals surface area contributed by atoms with Gasteiger partial charge in [-0.05, 0) is 3.93 Å². The molecule has 156 valence electrons. The lowest BCUT2D eigenvalue weighted by Crippen LogP contribution is -2.51. The Balaban J connectivity index is 0.000000537. The topological polar surface area (TPSA) is 71.1 Å². The Morgan fingerprint density at radius 3 is 2.38 bits per heavy atom. The molecule has 1 aliphatic heterocycles. The van der Waals surface area contributed by atoms with E-state index in [4.69, 9.17) is 42.1 Å². The Morgan fingerprint density at radius 2 is 1.90 bits per heavy atom. The Bertz CT molecular complexity index is 918. The smallest absolute Gasteiger partial charge is 0.231 e. The molecular formula is C20H19Cl2IO6. The van der Waals surface area contributed by atoms with Crippen molar-refractivity contribution < 1.29 is 28.5 Å². The third-order valence-electron chi connectivity index (χ3n) is 4.63. The summed E-state index contributed by atoms with van der Waals surface area (Å²) in [4.78, 5) is 25.1. The third kappa shape index (κ3) is 4.16. The standard InChI is InChI=1S/C17H17ClO6.C3H2ClI/c1-8-5-9(19)6-12(23-4)17(8)16(20)13-10(21-2)7-11(22-3)14(18)15(13)24-17;4-2-1-3-5/h6-8H,5H2,1-4H3;2H2/t8-,17+;/m1./s1. The predicted octanol–water partition coefficient (Wildman–Crippen LogP) is 4.43. The maximum absolute atomic E-state index is 13.3. The Morgan fingerprint density at radius 1 is 1.24 bits per heavy atom. The van der Waals surface area contributed by atoms with Crippen molar-refractivity contribution in [2.45, 2.75) is 18.9 Å². The molecule has 2 aliphatic rings. The number of ether oxygens (including phenoxy) is 4. The van der Waals surface area contributed by atoms with Crippen LogP contribution in [0.15, 0.2) is 17.9 Å². The Labute approximate surface area is 192 Å². The lowest BCUT2D eigenvalue weighted by molar-refractivity contribution is -0.118. The van der Waals surface area contributed by atoms with Gasteiger partial charge in [-0.1, -0.05) is 24.4 Å². The lowest BCUT2D eigenvalue weighted by atomic mass is 9.75. The molecule has 1 aliphatic carbocycles. The van der Waals surface area contributed by atoms with Gasteiger partial charge < -0.3 is 18.9 Å². The van der Waals surface area contributed by atoms with E-state index in [9.17, 15) is 9.59 Å². The van der Waals surface area contributed by atoms with Gasteiger partial charge in [-0.3, -0.25) is 9.59 Å². The molecule has 29 heavy (non-hydrogen) atoms. The van der Waals surface area contributed by atoms with Gasteiger partial charge in [0.15, 0.2) is 17.3 Å². The molecule has 1 aromatic rings. The Kier molecular flexibility index (Phi) is 8.09. The number of alkyl halides is 1. The second-order valence-electron chi connectivity index (χ2n) is 6.16. The first-order valence-electron chi connectivity index (χ1n) is 8.43. The van der Waals surface area contributed by atoms with Crippen LogP contribution < -0.4 is 14.2 Å². The molecule has 0 saturated carbocycles. The van der Waals surface area contributed by atoms with Crippen molar-refractivity contribution >= 4 is 57.4 Å².